The van der Waals surface area contributed by atoms with Gasteiger partial charge in [0.25, 0.3) is 0 Å². The molecular weight excluding hydrogens is 455 g/mol. The predicted molar refractivity (Wildman–Crippen MR) is 130 cm³/mol. The second kappa shape index (κ2) is 9.31. The lowest BCUT2D eigenvalue weighted by molar-refractivity contribution is -0.120. The lowest BCUT2D eigenvalue weighted by Gasteiger charge is -2.33. The Hall–Kier alpha value is -3.04. The largest absolute Gasteiger partial charge is 0.356 e. The maximum atomic E-state index is 13.4. The highest BCUT2D eigenvalue weighted by molar-refractivity contribution is 7.89. The van der Waals surface area contributed by atoms with E-state index in [0.29, 0.717) is 35.7 Å². The number of hydrogen-bond acceptors (Lipinski definition) is 5. The molecule has 9 heteroatoms. The number of anilines is 2. The van der Waals surface area contributed by atoms with Crippen LogP contribution in [-0.2, 0) is 14.8 Å². The fraction of sp³-hybridized carbons (Fsp3) is 0.360. The zero-order chi connectivity index (χ0) is 23.7. The van der Waals surface area contributed by atoms with Crippen LogP contribution in [0.1, 0.15) is 25.7 Å². The Morgan fingerprint density at radius 2 is 1.82 bits per heavy atom. The van der Waals surface area contributed by atoms with Crippen LogP contribution in [0.4, 0.5) is 15.9 Å². The van der Waals surface area contributed by atoms with Crippen LogP contribution >= 0.6 is 0 Å². The van der Waals surface area contributed by atoms with Crippen molar-refractivity contribution in [3.63, 3.8) is 0 Å². The quantitative estimate of drug-likeness (QED) is 0.594. The van der Waals surface area contributed by atoms with Gasteiger partial charge in [0, 0.05) is 37.3 Å². The van der Waals surface area contributed by atoms with Gasteiger partial charge in [0.05, 0.1) is 16.3 Å². The number of carbonyl (C=O) groups is 1. The molecular formula is C25H27FN4O3S. The van der Waals surface area contributed by atoms with E-state index in [4.69, 9.17) is 4.98 Å². The molecule has 2 aromatic carbocycles. The van der Waals surface area contributed by atoms with Crippen LogP contribution in [0.15, 0.2) is 59.5 Å². The van der Waals surface area contributed by atoms with Gasteiger partial charge in [-0.25, -0.2) is 17.8 Å². The summed E-state index contributed by atoms with van der Waals surface area (Å²) >= 11 is 0. The van der Waals surface area contributed by atoms with E-state index in [9.17, 15) is 17.6 Å². The van der Waals surface area contributed by atoms with Gasteiger partial charge >= 0.3 is 0 Å². The van der Waals surface area contributed by atoms with Gasteiger partial charge in [0.1, 0.15) is 11.6 Å². The number of halogens is 1. The number of benzene rings is 2. The van der Waals surface area contributed by atoms with Crippen LogP contribution in [0.2, 0.25) is 0 Å². The number of aromatic nitrogens is 1. The van der Waals surface area contributed by atoms with Gasteiger partial charge in [-0.2, -0.15) is 4.31 Å². The van der Waals surface area contributed by atoms with Crippen molar-refractivity contribution in [3.05, 3.63) is 60.4 Å². The van der Waals surface area contributed by atoms with Crippen LogP contribution in [-0.4, -0.2) is 49.8 Å². The number of sulfonamides is 1. The summed E-state index contributed by atoms with van der Waals surface area (Å²) in [6.45, 7) is 2.44. The molecule has 0 aliphatic carbocycles. The second-order valence-electron chi connectivity index (χ2n) is 8.92. The summed E-state index contributed by atoms with van der Waals surface area (Å²) < 4.78 is 40.7. The Kier molecular flexibility index (Phi) is 6.22. The van der Waals surface area contributed by atoms with Crippen LogP contribution in [0.5, 0.6) is 0 Å². The third kappa shape index (κ3) is 4.63. The van der Waals surface area contributed by atoms with Crippen molar-refractivity contribution in [1.29, 1.82) is 0 Å². The van der Waals surface area contributed by atoms with Gasteiger partial charge < -0.3 is 10.2 Å². The molecule has 0 radical (unpaired) electrons. The van der Waals surface area contributed by atoms with E-state index in [1.165, 1.54) is 12.1 Å². The molecule has 0 saturated carbocycles. The smallest absolute Gasteiger partial charge is 0.243 e. The van der Waals surface area contributed by atoms with Gasteiger partial charge in [0.15, 0.2) is 0 Å². The highest BCUT2D eigenvalue weighted by Crippen LogP contribution is 2.28. The molecule has 5 rings (SSSR count). The van der Waals surface area contributed by atoms with Crippen LogP contribution in [0, 0.1) is 11.7 Å². The number of piperidine rings is 1. The van der Waals surface area contributed by atoms with Crippen molar-refractivity contribution < 1.29 is 17.6 Å². The molecule has 2 saturated heterocycles. The van der Waals surface area contributed by atoms with Crippen LogP contribution in [0.3, 0.4) is 0 Å². The minimum absolute atomic E-state index is 0.132. The molecule has 2 aliphatic heterocycles. The summed E-state index contributed by atoms with van der Waals surface area (Å²) in [4.78, 5) is 19.9. The van der Waals surface area contributed by atoms with Crippen molar-refractivity contribution in [3.8, 4) is 0 Å². The average molecular weight is 483 g/mol. The highest BCUT2D eigenvalue weighted by atomic mass is 32.2. The summed E-state index contributed by atoms with van der Waals surface area (Å²) in [6.07, 6.45) is 3.39. The standard InChI is InChI=1S/C25H27FN4O3S/c26-20-6-3-7-21(16-20)27-25(31)19-5-4-12-29(17-19)24-11-8-18-15-22(9-10-23(18)28-24)34(32,33)30-13-1-2-14-30/h3,6-11,15-16,19H,1-2,4-5,12-14,17H2,(H,27,31). The number of fused-ring (bicyclic) bond motifs is 1. The lowest BCUT2D eigenvalue weighted by Crippen LogP contribution is -2.41. The second-order valence-corrected chi connectivity index (χ2v) is 10.9. The van der Waals surface area contributed by atoms with E-state index in [1.54, 1.807) is 34.6 Å². The van der Waals surface area contributed by atoms with Crippen LogP contribution in [0.25, 0.3) is 10.9 Å². The minimum atomic E-state index is -3.48. The van der Waals surface area contributed by atoms with Gasteiger partial charge in [-0.05, 0) is 74.2 Å². The summed E-state index contributed by atoms with van der Waals surface area (Å²) in [7, 11) is -3.48. The maximum Gasteiger partial charge on any atom is 0.243 e. The predicted octanol–water partition coefficient (Wildman–Crippen LogP) is 4.01. The topological polar surface area (TPSA) is 82.6 Å². The molecule has 2 fully saturated rings. The van der Waals surface area contributed by atoms with Crippen molar-refractivity contribution >= 4 is 38.3 Å². The molecule has 1 amide bonds. The molecule has 1 unspecified atom stereocenters. The third-order valence-electron chi connectivity index (χ3n) is 6.56. The van der Waals surface area contributed by atoms with Crippen molar-refractivity contribution in [2.75, 3.05) is 36.4 Å². The van der Waals surface area contributed by atoms with E-state index in [-0.39, 0.29) is 17.6 Å². The molecule has 2 aliphatic rings. The number of rotatable bonds is 5. The van der Waals surface area contributed by atoms with Crippen molar-refractivity contribution in [2.45, 2.75) is 30.6 Å². The van der Waals surface area contributed by atoms with E-state index in [1.807, 2.05) is 12.1 Å². The number of amides is 1. The fourth-order valence-corrected chi connectivity index (χ4v) is 6.27. The Labute approximate surface area is 198 Å². The first-order chi connectivity index (χ1) is 16.4. The molecule has 0 spiro atoms. The molecule has 3 heterocycles. The van der Waals surface area contributed by atoms with Crippen molar-refractivity contribution in [2.24, 2.45) is 5.92 Å². The molecule has 7 nitrogen and oxygen atoms in total. The SMILES string of the molecule is O=C(Nc1cccc(F)c1)C1CCCN(c2ccc3cc(S(=O)(=O)N4CCCC4)ccc3n2)C1. The van der Waals surface area contributed by atoms with Gasteiger partial charge in [-0.1, -0.05) is 6.07 Å². The summed E-state index contributed by atoms with van der Waals surface area (Å²) in [5.41, 5.74) is 1.16. The molecule has 3 aromatic rings. The first-order valence-corrected chi connectivity index (χ1v) is 13.1. The number of carbonyl (C=O) groups excluding carboxylic acids is 1. The number of hydrogen-bond donors (Lipinski definition) is 1. The molecule has 1 N–H and O–H groups in total. The molecule has 34 heavy (non-hydrogen) atoms. The third-order valence-corrected chi connectivity index (χ3v) is 8.45. The fourth-order valence-electron chi connectivity index (χ4n) is 4.72. The molecule has 1 atom stereocenters. The zero-order valence-electron chi connectivity index (χ0n) is 18.8. The normalized spacial score (nSPS) is 19.4. The first-order valence-electron chi connectivity index (χ1n) is 11.6. The summed E-state index contributed by atoms with van der Waals surface area (Å²) in [5, 5.41) is 3.58. The molecule has 0 bridgehead atoms. The van der Waals surface area contributed by atoms with Gasteiger partial charge in [-0.15, -0.1) is 0 Å². The van der Waals surface area contributed by atoms with Crippen LogP contribution < -0.4 is 10.2 Å². The van der Waals surface area contributed by atoms with E-state index in [0.717, 1.165) is 43.4 Å². The van der Waals surface area contributed by atoms with E-state index >= 15 is 0 Å². The lowest BCUT2D eigenvalue weighted by atomic mass is 9.97. The van der Waals surface area contributed by atoms with E-state index in [2.05, 4.69) is 10.2 Å². The molecule has 1 aromatic heterocycles. The Bertz CT molecular complexity index is 1320. The average Bonchev–Trinajstić information content (AvgIpc) is 3.39. The van der Waals surface area contributed by atoms with Gasteiger partial charge in [-0.3, -0.25) is 4.79 Å². The van der Waals surface area contributed by atoms with Gasteiger partial charge in [0.2, 0.25) is 15.9 Å². The number of pyridine rings is 1. The van der Waals surface area contributed by atoms with Crippen molar-refractivity contribution in [1.82, 2.24) is 9.29 Å². The Morgan fingerprint density at radius 3 is 2.62 bits per heavy atom. The molecule has 178 valence electrons. The number of nitrogens with one attached hydrogen (secondary N) is 1. The summed E-state index contributed by atoms with van der Waals surface area (Å²) in [5.74, 6) is 0.000993. The number of nitrogens with zero attached hydrogens (tertiary/aromatic N) is 3. The van der Waals surface area contributed by atoms with E-state index < -0.39 is 10.0 Å². The first kappa shape index (κ1) is 22.7. The monoisotopic (exact) mass is 482 g/mol. The highest BCUT2D eigenvalue weighted by Gasteiger charge is 2.28. The summed E-state index contributed by atoms with van der Waals surface area (Å²) in [6, 6.07) is 14.7. The maximum absolute atomic E-state index is 13.4. The zero-order valence-corrected chi connectivity index (χ0v) is 19.6. The minimum Gasteiger partial charge on any atom is -0.356 e. The Balaban J connectivity index is 1.32. The Morgan fingerprint density at radius 1 is 1.00 bits per heavy atom.